The largest absolute Gasteiger partial charge is 0.510 e. The number of fused-ring (bicyclic) bond motifs is 3. The second kappa shape index (κ2) is 12.8. The molecule has 12 heteroatoms. The first-order chi connectivity index (χ1) is 22.5. The van der Waals surface area contributed by atoms with Crippen molar-refractivity contribution in [1.82, 2.24) is 15.1 Å². The molecule has 1 fully saturated rings. The number of ketones is 1. The summed E-state index contributed by atoms with van der Waals surface area (Å²) in [5.41, 5.74) is 3.61. The fraction of sp³-hybridized carbons (Fsp3) is 0.444. The summed E-state index contributed by atoms with van der Waals surface area (Å²) in [6, 6.07) is 9.77. The molecular weight excluding hydrogens is 614 g/mol. The van der Waals surface area contributed by atoms with E-state index in [2.05, 4.69) is 37.9 Å². The Bertz CT molecular complexity index is 1750. The van der Waals surface area contributed by atoms with Gasteiger partial charge < -0.3 is 36.9 Å². The highest BCUT2D eigenvalue weighted by atomic mass is 16.3. The number of likely N-dealkylation sites (N-methyl/N-ethyl adjacent to an activating group) is 1. The van der Waals surface area contributed by atoms with Crippen molar-refractivity contribution in [1.29, 1.82) is 5.41 Å². The molecule has 0 aliphatic heterocycles. The highest BCUT2D eigenvalue weighted by Crippen LogP contribution is 2.53. The van der Waals surface area contributed by atoms with Crippen LogP contribution in [0.1, 0.15) is 55.6 Å². The van der Waals surface area contributed by atoms with Crippen LogP contribution in [0.5, 0.6) is 5.75 Å². The lowest BCUT2D eigenvalue weighted by Crippen LogP contribution is -2.67. The Labute approximate surface area is 280 Å². The minimum Gasteiger partial charge on any atom is -0.510 e. The molecule has 0 radical (unpaired) electrons. The maximum absolute atomic E-state index is 14.2. The van der Waals surface area contributed by atoms with E-state index in [9.17, 15) is 34.8 Å². The summed E-state index contributed by atoms with van der Waals surface area (Å²) < 4.78 is 0. The SMILES string of the molecule is CC(C)N(CCNC(=O)c1cccc(-c2ccc(O)c3c2C[C@H]2C[C@H]4[C@H](N(C)C)C(O)=C(C(N)=O)C(=N)[C@@]4(O)C(=O)C2=C3O)c1)C(C)C. The molecule has 2 aromatic carbocycles. The average molecular weight is 660 g/mol. The quantitative estimate of drug-likeness (QED) is 0.211. The summed E-state index contributed by atoms with van der Waals surface area (Å²) in [6.07, 6.45) is 0.234. The lowest BCUT2D eigenvalue weighted by Gasteiger charge is -2.51. The highest BCUT2D eigenvalue weighted by Gasteiger charge is 2.63. The number of hydrogen-bond acceptors (Lipinski definition) is 10. The molecule has 256 valence electrons. The first-order valence-corrected chi connectivity index (χ1v) is 16.2. The Kier molecular flexibility index (Phi) is 9.30. The van der Waals surface area contributed by atoms with E-state index >= 15 is 0 Å². The number of aliphatic hydroxyl groups is 3. The van der Waals surface area contributed by atoms with Gasteiger partial charge in [-0.25, -0.2) is 0 Å². The van der Waals surface area contributed by atoms with Crippen LogP contribution in [0.2, 0.25) is 0 Å². The number of hydrogen-bond donors (Lipinski definition) is 7. The van der Waals surface area contributed by atoms with Gasteiger partial charge in [-0.3, -0.25) is 24.2 Å². The van der Waals surface area contributed by atoms with Gasteiger partial charge in [0.2, 0.25) is 5.78 Å². The number of nitrogens with zero attached hydrogens (tertiary/aromatic N) is 2. The van der Waals surface area contributed by atoms with Gasteiger partial charge in [0, 0.05) is 42.2 Å². The average Bonchev–Trinajstić information content (AvgIpc) is 3.00. The Morgan fingerprint density at radius 1 is 1.08 bits per heavy atom. The van der Waals surface area contributed by atoms with E-state index in [1.807, 2.05) is 6.07 Å². The molecule has 0 bridgehead atoms. The zero-order valence-corrected chi connectivity index (χ0v) is 28.2. The van der Waals surface area contributed by atoms with Crippen LogP contribution in [-0.2, 0) is 16.0 Å². The smallest absolute Gasteiger partial charge is 0.254 e. The number of nitrogens with one attached hydrogen (secondary N) is 2. The number of primary amides is 1. The fourth-order valence-corrected chi connectivity index (χ4v) is 7.91. The van der Waals surface area contributed by atoms with Gasteiger partial charge in [-0.15, -0.1) is 0 Å². The molecule has 12 nitrogen and oxygen atoms in total. The second-order valence-electron chi connectivity index (χ2n) is 13.8. The molecule has 0 heterocycles. The van der Waals surface area contributed by atoms with Crippen molar-refractivity contribution in [3.8, 4) is 16.9 Å². The number of nitrogens with two attached hydrogens (primary N) is 1. The van der Waals surface area contributed by atoms with Gasteiger partial charge in [-0.2, -0.15) is 0 Å². The van der Waals surface area contributed by atoms with Gasteiger partial charge in [0.05, 0.1) is 17.3 Å². The summed E-state index contributed by atoms with van der Waals surface area (Å²) >= 11 is 0. The predicted octanol–water partition coefficient (Wildman–Crippen LogP) is 2.93. The zero-order valence-electron chi connectivity index (χ0n) is 28.2. The lowest BCUT2D eigenvalue weighted by atomic mass is 9.56. The third-order valence-corrected chi connectivity index (χ3v) is 10.1. The third kappa shape index (κ3) is 5.57. The van der Waals surface area contributed by atoms with Gasteiger partial charge in [0.15, 0.2) is 5.60 Å². The molecule has 5 rings (SSSR count). The van der Waals surface area contributed by atoms with E-state index < -0.39 is 58.0 Å². The van der Waals surface area contributed by atoms with Crippen LogP contribution in [0.15, 0.2) is 53.3 Å². The molecule has 2 aromatic rings. The van der Waals surface area contributed by atoms with E-state index in [0.717, 1.165) is 0 Å². The van der Waals surface area contributed by atoms with Crippen molar-refractivity contribution in [3.63, 3.8) is 0 Å². The molecule has 4 atom stereocenters. The molecule has 0 spiro atoms. The Morgan fingerprint density at radius 3 is 2.35 bits per heavy atom. The van der Waals surface area contributed by atoms with Crippen LogP contribution < -0.4 is 11.1 Å². The summed E-state index contributed by atoms with van der Waals surface area (Å²) in [6.45, 7) is 9.63. The van der Waals surface area contributed by atoms with Gasteiger partial charge in [-0.05, 0) is 95.4 Å². The van der Waals surface area contributed by atoms with Crippen LogP contribution >= 0.6 is 0 Å². The number of aliphatic hydroxyl groups excluding tert-OH is 2. The number of phenolic OH excluding ortho intramolecular Hbond substituents is 1. The van der Waals surface area contributed by atoms with Crippen molar-refractivity contribution in [2.45, 2.75) is 64.3 Å². The van der Waals surface area contributed by atoms with Crippen molar-refractivity contribution >= 4 is 29.1 Å². The Morgan fingerprint density at radius 2 is 1.75 bits per heavy atom. The number of phenols is 1. The molecular formula is C36H45N5O7. The molecule has 0 unspecified atom stereocenters. The summed E-state index contributed by atoms with van der Waals surface area (Å²) in [5, 5.41) is 57.2. The number of aromatic hydroxyl groups is 1. The molecule has 8 N–H and O–H groups in total. The highest BCUT2D eigenvalue weighted by molar-refractivity contribution is 6.34. The first kappa shape index (κ1) is 34.8. The second-order valence-corrected chi connectivity index (χ2v) is 13.8. The van der Waals surface area contributed by atoms with Gasteiger partial charge >= 0.3 is 0 Å². The number of carbonyl (C=O) groups excluding carboxylic acids is 3. The van der Waals surface area contributed by atoms with Crippen molar-refractivity contribution in [2.75, 3.05) is 27.2 Å². The maximum Gasteiger partial charge on any atom is 0.254 e. The monoisotopic (exact) mass is 659 g/mol. The van der Waals surface area contributed by atoms with Gasteiger partial charge in [-0.1, -0.05) is 18.2 Å². The van der Waals surface area contributed by atoms with Crippen LogP contribution in [-0.4, -0.2) is 104 Å². The Hall–Kier alpha value is -4.52. The minimum atomic E-state index is -2.56. The van der Waals surface area contributed by atoms with Crippen LogP contribution in [0.3, 0.4) is 0 Å². The lowest BCUT2D eigenvalue weighted by molar-refractivity contribution is -0.138. The molecule has 3 aliphatic carbocycles. The van der Waals surface area contributed by atoms with Crippen molar-refractivity contribution in [3.05, 3.63) is 70.0 Å². The topological polar surface area (TPSA) is 201 Å². The van der Waals surface area contributed by atoms with Crippen LogP contribution in [0.25, 0.3) is 16.9 Å². The normalized spacial score (nSPS) is 23.9. The van der Waals surface area contributed by atoms with Gasteiger partial charge in [0.1, 0.15) is 22.8 Å². The molecule has 0 saturated heterocycles. The summed E-state index contributed by atoms with van der Waals surface area (Å²) in [5.74, 6) is -5.40. The standard InChI is InChI=1S/C36H45N5O7/c1-17(2)41(18(3)4)13-12-39-35(47)20-9-7-8-19(14-20)22-10-11-25(42)27-23(22)15-21-16-24-29(40(5)6)31(44)28(34(38)46)32(37)36(24,48)33(45)26(21)30(27)43/h7-11,14,17-18,21,24,29,37,42-44,48H,12-13,15-16H2,1-6H3,(H2,38,46)(H,39,47)/t21-,24-,29-,36+/m0/s1. The van der Waals surface area contributed by atoms with Crippen molar-refractivity contribution < 1.29 is 34.8 Å². The van der Waals surface area contributed by atoms with Crippen LogP contribution in [0.4, 0.5) is 0 Å². The first-order valence-electron chi connectivity index (χ1n) is 16.2. The number of rotatable bonds is 9. The summed E-state index contributed by atoms with van der Waals surface area (Å²) in [7, 11) is 3.23. The number of benzene rings is 2. The molecule has 48 heavy (non-hydrogen) atoms. The predicted molar refractivity (Wildman–Crippen MR) is 182 cm³/mol. The van der Waals surface area contributed by atoms with E-state index in [4.69, 9.17) is 11.1 Å². The minimum absolute atomic E-state index is 0.0199. The molecule has 2 amide bonds. The van der Waals surface area contributed by atoms with E-state index in [0.29, 0.717) is 47.4 Å². The van der Waals surface area contributed by atoms with E-state index in [1.54, 1.807) is 43.3 Å². The van der Waals surface area contributed by atoms with E-state index in [-0.39, 0.29) is 35.6 Å². The summed E-state index contributed by atoms with van der Waals surface area (Å²) in [4.78, 5) is 43.5. The number of amides is 2. The molecule has 1 saturated carbocycles. The molecule has 0 aromatic heterocycles. The maximum atomic E-state index is 14.2. The molecule has 3 aliphatic rings. The Balaban J connectivity index is 1.53. The fourth-order valence-electron chi connectivity index (χ4n) is 7.91. The number of Topliss-reactive ketones (excluding diaryl/α,β-unsaturated/α-hetero) is 1. The van der Waals surface area contributed by atoms with E-state index in [1.165, 1.54) is 6.07 Å². The van der Waals surface area contributed by atoms with Gasteiger partial charge in [0.25, 0.3) is 11.8 Å². The van der Waals surface area contributed by atoms with Crippen molar-refractivity contribution in [2.24, 2.45) is 17.6 Å². The van der Waals surface area contributed by atoms with Crippen LogP contribution in [0, 0.1) is 17.2 Å². The zero-order chi connectivity index (χ0) is 35.4. The third-order valence-electron chi connectivity index (χ3n) is 10.1. The number of carbonyl (C=O) groups is 3.